The molecule has 22 aromatic carbocycles. The Morgan fingerprint density at radius 3 is 0.771 bits per heavy atom. The van der Waals surface area contributed by atoms with Crippen LogP contribution in [0.5, 0.6) is 0 Å². The molecule has 0 N–H and O–H groups in total. The van der Waals surface area contributed by atoms with Gasteiger partial charge in [-0.15, -0.1) is 11.3 Å². The van der Waals surface area contributed by atoms with Crippen LogP contribution in [0, 0.1) is 11.3 Å². The first-order valence-electron chi connectivity index (χ1n) is 47.7. The number of nitrogens with zero attached hydrogens (tertiary/aromatic N) is 8. The van der Waals surface area contributed by atoms with Crippen LogP contribution < -0.4 is 0 Å². The average molecular weight is 1800 g/mol. The summed E-state index contributed by atoms with van der Waals surface area (Å²) in [5, 5.41) is 32.0. The Bertz CT molecular complexity index is 10400. The van der Waals surface area contributed by atoms with Gasteiger partial charge in [0.05, 0.1) is 99.3 Å². The van der Waals surface area contributed by atoms with Gasteiger partial charge in [0.15, 0.2) is 0 Å². The van der Waals surface area contributed by atoms with Crippen molar-refractivity contribution < 1.29 is 0 Å². The molecule has 0 radical (unpaired) electrons. The standard InChI is InChI=1S/C48H31N3.C43H25N3S.C40H26N2/c1-3-13-34(14-4-1)49-43-20-10-7-17-37(43)40-29-32(23-26-46(40)49)33-24-27-47-41(30-33)38-18-8-12-22-45(38)51(47)36-25-28-48-42(31-36)39-19-9-11-21-44(39)50(48)35-15-5-2-6-16-35;44-26-27-16-20-30(21-17-27)45-37-12-4-1-8-31(37)35-24-28(18-22-39(35)45)29-19-23-40-36(25-29)32-9-2-5-13-38(32)46(40)41-14-7-11-34-33-10-3-6-15-42(33)47-43(34)41;1-2-12-31(13-3-1)41-37-16-8-6-14-33(37)35-25-29(19-22-39(35)41)30-20-23-40-36(26-30)34-15-7-9-17-38(34)42(40)32-21-18-27-10-4-5-11-28(27)24-32/h1-31H;1-25H;1-26H. The maximum Gasteiger partial charge on any atom is 0.0991 e. The van der Waals surface area contributed by atoms with Crippen LogP contribution in [-0.2, 0) is 0 Å². The van der Waals surface area contributed by atoms with Gasteiger partial charge in [-0.1, -0.05) is 279 Å². The lowest BCUT2D eigenvalue weighted by Gasteiger charge is -2.11. The lowest BCUT2D eigenvalue weighted by Crippen LogP contribution is -1.95. The third-order valence-corrected chi connectivity index (χ3v) is 30.1. The second-order valence-corrected chi connectivity index (χ2v) is 37.6. The van der Waals surface area contributed by atoms with Gasteiger partial charge in [-0.25, -0.2) is 0 Å². The molecule has 0 saturated heterocycles. The molecule has 140 heavy (non-hydrogen) atoms. The summed E-state index contributed by atoms with van der Waals surface area (Å²) in [5.41, 5.74) is 32.9. The number of thiophene rings is 1. The molecule has 0 saturated carbocycles. The molecule has 0 unspecified atom stereocenters. The van der Waals surface area contributed by atoms with E-state index in [9.17, 15) is 5.26 Å². The highest BCUT2D eigenvalue weighted by atomic mass is 32.1. The van der Waals surface area contributed by atoms with Crippen molar-refractivity contribution >= 4 is 195 Å². The first kappa shape index (κ1) is 79.9. The SMILES string of the molecule is N#Cc1ccc(-n2c3ccccc3c3cc(-c4ccc5c(c4)c4ccccc4n5-c4cccc5c4sc4ccccc45)ccc32)cc1.c1ccc(-n2c3ccccc3c3cc(-c4ccc5c(c4)c4ccccc4n5-c4ccc5c(c4)c4ccccc4n5-c4ccccc4)ccc32)cc1.c1ccc(-n2c3ccccc3c3cc(-c4ccc5c(c4)c4ccccc4n5-c4ccc5ccccc5c4)ccc32)cc1. The Balaban J connectivity index is 0.000000104. The van der Waals surface area contributed by atoms with Crippen molar-refractivity contribution in [3.05, 3.63) is 503 Å². The monoisotopic (exact) mass is 1800 g/mol. The number of hydrogen-bond acceptors (Lipinski definition) is 2. The Labute approximate surface area is 808 Å². The molecule has 0 aliphatic carbocycles. The zero-order valence-electron chi connectivity index (χ0n) is 75.8. The van der Waals surface area contributed by atoms with Gasteiger partial charge in [-0.05, 0) is 263 Å². The van der Waals surface area contributed by atoms with Crippen molar-refractivity contribution in [1.82, 2.24) is 32.0 Å². The number of hydrogen-bond donors (Lipinski definition) is 0. The molecular formula is C131H82N8S. The second kappa shape index (κ2) is 32.3. The van der Waals surface area contributed by atoms with E-state index in [0.29, 0.717) is 5.56 Å². The molecule has 0 amide bonds. The van der Waals surface area contributed by atoms with Gasteiger partial charge < -0.3 is 32.0 Å². The molecule has 9 heteroatoms. The minimum atomic E-state index is 0.661. The largest absolute Gasteiger partial charge is 0.309 e. The third kappa shape index (κ3) is 12.7. The van der Waals surface area contributed by atoms with Crippen molar-refractivity contribution in [2.24, 2.45) is 0 Å². The minimum Gasteiger partial charge on any atom is -0.309 e. The molecule has 8 aromatic heterocycles. The first-order valence-corrected chi connectivity index (χ1v) is 48.5. The molecule has 8 heterocycles. The highest BCUT2D eigenvalue weighted by molar-refractivity contribution is 7.26. The molecule has 652 valence electrons. The van der Waals surface area contributed by atoms with E-state index in [4.69, 9.17) is 0 Å². The molecule has 0 spiro atoms. The lowest BCUT2D eigenvalue weighted by atomic mass is 10.0. The summed E-state index contributed by atoms with van der Waals surface area (Å²) in [6.07, 6.45) is 0. The van der Waals surface area contributed by atoms with E-state index in [1.165, 1.54) is 234 Å². The zero-order chi connectivity index (χ0) is 92.2. The molecule has 0 bridgehead atoms. The van der Waals surface area contributed by atoms with Crippen molar-refractivity contribution in [2.45, 2.75) is 0 Å². The maximum absolute atomic E-state index is 9.34. The van der Waals surface area contributed by atoms with Crippen LogP contribution in [0.3, 0.4) is 0 Å². The number of nitriles is 1. The number of para-hydroxylation sites is 10. The van der Waals surface area contributed by atoms with Crippen LogP contribution in [0.2, 0.25) is 0 Å². The fourth-order valence-electron chi connectivity index (χ4n) is 22.6. The molecule has 30 aromatic rings. The molecule has 0 fully saturated rings. The fraction of sp³-hybridized carbons (Fsp3) is 0. The molecule has 30 rings (SSSR count). The van der Waals surface area contributed by atoms with Gasteiger partial charge in [0.2, 0.25) is 0 Å². The van der Waals surface area contributed by atoms with E-state index in [2.05, 4.69) is 511 Å². The van der Waals surface area contributed by atoms with Crippen molar-refractivity contribution in [3.63, 3.8) is 0 Å². The topological polar surface area (TPSA) is 58.3 Å². The van der Waals surface area contributed by atoms with Gasteiger partial charge in [0.1, 0.15) is 0 Å². The zero-order valence-corrected chi connectivity index (χ0v) is 76.6. The van der Waals surface area contributed by atoms with Crippen LogP contribution in [0.15, 0.2) is 497 Å². The predicted octanol–water partition coefficient (Wildman–Crippen LogP) is 35.1. The Morgan fingerprint density at radius 1 is 0.157 bits per heavy atom. The van der Waals surface area contributed by atoms with E-state index in [1.54, 1.807) is 0 Å². The summed E-state index contributed by atoms with van der Waals surface area (Å²) in [4.78, 5) is 0. The van der Waals surface area contributed by atoms with Gasteiger partial charge in [0.25, 0.3) is 0 Å². The Hall–Kier alpha value is -18.6. The lowest BCUT2D eigenvalue weighted by molar-refractivity contribution is 1.17. The maximum atomic E-state index is 9.34. The number of aromatic nitrogens is 7. The van der Waals surface area contributed by atoms with Crippen molar-refractivity contribution in [1.29, 1.82) is 5.26 Å². The first-order chi connectivity index (χ1) is 69.4. The van der Waals surface area contributed by atoms with Gasteiger partial charge in [-0.3, -0.25) is 0 Å². The summed E-state index contributed by atoms with van der Waals surface area (Å²) in [6.45, 7) is 0. The highest BCUT2D eigenvalue weighted by Crippen LogP contribution is 2.47. The van der Waals surface area contributed by atoms with Crippen LogP contribution in [0.4, 0.5) is 0 Å². The number of benzene rings is 22. The van der Waals surface area contributed by atoms with Gasteiger partial charge in [0, 0.05) is 125 Å². The molecule has 8 nitrogen and oxygen atoms in total. The molecular weight excluding hydrogens is 1720 g/mol. The normalized spacial score (nSPS) is 11.8. The van der Waals surface area contributed by atoms with E-state index >= 15 is 0 Å². The average Bonchev–Trinajstić information content (AvgIpc) is 1.58. The summed E-state index contributed by atoms with van der Waals surface area (Å²) >= 11 is 1.87. The summed E-state index contributed by atoms with van der Waals surface area (Å²) in [5.74, 6) is 0. The smallest absolute Gasteiger partial charge is 0.0991 e. The van der Waals surface area contributed by atoms with Gasteiger partial charge in [-0.2, -0.15) is 5.26 Å². The van der Waals surface area contributed by atoms with Crippen molar-refractivity contribution in [3.8, 4) is 79.3 Å². The van der Waals surface area contributed by atoms with Crippen LogP contribution in [0.25, 0.3) is 257 Å². The molecule has 0 aliphatic rings. The number of rotatable bonds is 10. The summed E-state index contributed by atoms with van der Waals surface area (Å²) < 4.78 is 19.3. The van der Waals surface area contributed by atoms with Crippen LogP contribution in [0.1, 0.15) is 5.56 Å². The molecule has 0 atom stereocenters. The van der Waals surface area contributed by atoms with Crippen LogP contribution in [-0.4, -0.2) is 32.0 Å². The highest BCUT2D eigenvalue weighted by Gasteiger charge is 2.25. The Kier molecular flexibility index (Phi) is 18.5. The van der Waals surface area contributed by atoms with E-state index in [1.807, 2.05) is 35.6 Å². The summed E-state index contributed by atoms with van der Waals surface area (Å²) in [7, 11) is 0. The molecule has 0 aliphatic heterocycles. The third-order valence-electron chi connectivity index (χ3n) is 28.9. The Morgan fingerprint density at radius 2 is 0.407 bits per heavy atom. The van der Waals surface area contributed by atoms with E-state index < -0.39 is 0 Å². The fourth-order valence-corrected chi connectivity index (χ4v) is 23.8. The number of fused-ring (bicyclic) bond motifs is 25. The van der Waals surface area contributed by atoms with E-state index in [0.717, 1.165) is 22.4 Å². The van der Waals surface area contributed by atoms with E-state index in [-0.39, 0.29) is 0 Å². The van der Waals surface area contributed by atoms with Crippen molar-refractivity contribution in [2.75, 3.05) is 0 Å². The quantitative estimate of drug-likeness (QED) is 0.135. The predicted molar refractivity (Wildman–Crippen MR) is 591 cm³/mol. The summed E-state index contributed by atoms with van der Waals surface area (Å²) in [6, 6.07) is 182. The van der Waals surface area contributed by atoms with Gasteiger partial charge >= 0.3 is 0 Å². The van der Waals surface area contributed by atoms with Crippen LogP contribution >= 0.6 is 11.3 Å². The second-order valence-electron chi connectivity index (χ2n) is 36.5. The minimum absolute atomic E-state index is 0.661.